The highest BCUT2D eigenvalue weighted by Crippen LogP contribution is 2.47. The van der Waals surface area contributed by atoms with Crippen molar-refractivity contribution in [3.63, 3.8) is 0 Å². The van der Waals surface area contributed by atoms with Crippen LogP contribution < -0.4 is 19.1 Å². The molecule has 3 heterocycles. The van der Waals surface area contributed by atoms with Gasteiger partial charge in [-0.2, -0.15) is 0 Å². The van der Waals surface area contributed by atoms with Crippen molar-refractivity contribution in [1.82, 2.24) is 14.5 Å². The minimum atomic E-state index is -3.73. The van der Waals surface area contributed by atoms with E-state index in [1.807, 2.05) is 32.1 Å². The van der Waals surface area contributed by atoms with Crippen LogP contribution in [-0.4, -0.2) is 84.3 Å². The van der Waals surface area contributed by atoms with E-state index in [-0.39, 0.29) is 40.2 Å². The van der Waals surface area contributed by atoms with Crippen molar-refractivity contribution in [2.75, 3.05) is 51.2 Å². The lowest BCUT2D eigenvalue weighted by Crippen LogP contribution is -2.49. The number of methoxy groups -OCH3 is 2. The quantitative estimate of drug-likeness (QED) is 0.265. The summed E-state index contributed by atoms with van der Waals surface area (Å²) in [4.78, 5) is 30.3. The molecule has 7 rings (SSSR count). The molecule has 3 aromatic rings. The molecule has 2 bridgehead atoms. The van der Waals surface area contributed by atoms with Gasteiger partial charge in [0.1, 0.15) is 21.2 Å². The first-order valence-corrected chi connectivity index (χ1v) is 21.3. The Morgan fingerprint density at radius 2 is 1.96 bits per heavy atom. The Morgan fingerprint density at radius 1 is 1.15 bits per heavy atom. The maximum Gasteiger partial charge on any atom is 0.286 e. The number of halogens is 1. The summed E-state index contributed by atoms with van der Waals surface area (Å²) >= 11 is 6.48. The number of nitrogens with one attached hydrogen (secondary N) is 1. The van der Waals surface area contributed by atoms with Crippen LogP contribution in [0.4, 0.5) is 5.69 Å². The Kier molecular flexibility index (Phi) is 11.6. The molecule has 2 aromatic carbocycles. The van der Waals surface area contributed by atoms with Gasteiger partial charge in [-0.25, -0.2) is 4.21 Å². The summed E-state index contributed by atoms with van der Waals surface area (Å²) in [5, 5.41) is 4.90. The fourth-order valence-electron chi connectivity index (χ4n) is 8.78. The Bertz CT molecular complexity index is 2080. The van der Waals surface area contributed by atoms with Gasteiger partial charge in [0.15, 0.2) is 0 Å². The standard InChI is InChI=1S/C41H52ClN5O7S/c1-6-18-53-35-15-16-36(51-4)31-12-9-29(31)21-47-24-41(17-7-8-27-19-30(42)11-13-33(27)41)25-54-37-14-10-28(20-34(37)47)38(48)44-55(50,23-26(35)2)45-39(49)32-22-46(3)43-40(32)52-5/h10-11,13-16,19-20,22,26,29,31,35-36H,6-9,12,17-18,21,23-25H2,1-5H3,(H,44,45,48,49,50)/b16-15-/t26-,29+,31-,35+,36+,41+,55?/m1/s1. The number of anilines is 1. The van der Waals surface area contributed by atoms with Crippen molar-refractivity contribution < 1.29 is 32.7 Å². The van der Waals surface area contributed by atoms with Crippen LogP contribution in [-0.2, 0) is 38.3 Å². The molecule has 2 amide bonds. The molecule has 0 radical (unpaired) electrons. The second-order valence-corrected chi connectivity index (χ2v) is 18.0. The normalized spacial score (nSPS) is 29.8. The summed E-state index contributed by atoms with van der Waals surface area (Å²) in [6.45, 7) is 6.29. The summed E-state index contributed by atoms with van der Waals surface area (Å²) in [6, 6.07) is 11.5. The highest BCUT2D eigenvalue weighted by atomic mass is 35.5. The Hall–Kier alpha value is -3.91. The Morgan fingerprint density at radius 3 is 2.71 bits per heavy atom. The van der Waals surface area contributed by atoms with Crippen LogP contribution in [0.15, 0.2) is 59.1 Å². The summed E-state index contributed by atoms with van der Waals surface area (Å²) in [7, 11) is 1.06. The number of aryl methyl sites for hydroxylation is 2. The second-order valence-electron chi connectivity index (χ2n) is 15.5. The average Bonchev–Trinajstić information content (AvgIpc) is 3.47. The van der Waals surface area contributed by atoms with E-state index in [9.17, 15) is 13.8 Å². The molecule has 296 valence electrons. The van der Waals surface area contributed by atoms with E-state index in [0.29, 0.717) is 31.4 Å². The van der Waals surface area contributed by atoms with Crippen molar-refractivity contribution in [2.45, 2.75) is 70.0 Å². The fraction of sp³-hybridized carbons (Fsp3) is 0.537. The number of hydrogen-bond donors (Lipinski definition) is 1. The van der Waals surface area contributed by atoms with Crippen molar-refractivity contribution >= 4 is 39.0 Å². The largest absolute Gasteiger partial charge is 0.490 e. The third-order valence-electron chi connectivity index (χ3n) is 11.7. The molecule has 0 saturated heterocycles. The van der Waals surface area contributed by atoms with Crippen molar-refractivity contribution in [2.24, 2.45) is 29.2 Å². The molecular formula is C41H52ClN5O7S. The van der Waals surface area contributed by atoms with Gasteiger partial charge in [-0.1, -0.05) is 43.7 Å². The zero-order chi connectivity index (χ0) is 38.9. The van der Waals surface area contributed by atoms with Gasteiger partial charge in [-0.05, 0) is 91.8 Å². The number of benzene rings is 2. The third-order valence-corrected chi connectivity index (χ3v) is 13.9. The van der Waals surface area contributed by atoms with Crippen LogP contribution in [0.5, 0.6) is 11.6 Å². The van der Waals surface area contributed by atoms with E-state index in [1.54, 1.807) is 26.3 Å². The van der Waals surface area contributed by atoms with Gasteiger partial charge >= 0.3 is 0 Å². The van der Waals surface area contributed by atoms with Gasteiger partial charge in [-0.3, -0.25) is 19.0 Å². The van der Waals surface area contributed by atoms with Gasteiger partial charge < -0.3 is 23.8 Å². The number of aromatic nitrogens is 2. The number of carbonyl (C=O) groups excluding carboxylic acids is 2. The number of hydrogen-bond acceptors (Lipinski definition) is 9. The van der Waals surface area contributed by atoms with Crippen LogP contribution in [0.3, 0.4) is 0 Å². The van der Waals surface area contributed by atoms with E-state index in [1.165, 1.54) is 29.1 Å². The Labute approximate surface area is 329 Å². The predicted molar refractivity (Wildman–Crippen MR) is 213 cm³/mol. The zero-order valence-corrected chi connectivity index (χ0v) is 33.9. The number of amides is 2. The zero-order valence-electron chi connectivity index (χ0n) is 32.3. The summed E-state index contributed by atoms with van der Waals surface area (Å²) in [5.74, 6) is -0.654. The maximum atomic E-state index is 14.9. The molecule has 2 aliphatic heterocycles. The fourth-order valence-corrected chi connectivity index (χ4v) is 10.9. The van der Waals surface area contributed by atoms with E-state index in [0.717, 1.165) is 55.8 Å². The minimum absolute atomic E-state index is 0.0647. The van der Waals surface area contributed by atoms with Gasteiger partial charge in [-0.15, -0.1) is 9.46 Å². The van der Waals surface area contributed by atoms with Crippen LogP contribution in [0.2, 0.25) is 5.02 Å². The molecule has 1 N–H and O–H groups in total. The second kappa shape index (κ2) is 16.3. The van der Waals surface area contributed by atoms with Crippen LogP contribution >= 0.6 is 11.6 Å². The molecule has 1 fully saturated rings. The number of nitrogens with zero attached hydrogens (tertiary/aromatic N) is 4. The highest BCUT2D eigenvalue weighted by molar-refractivity contribution is 7.92. The first kappa shape index (κ1) is 39.3. The minimum Gasteiger partial charge on any atom is -0.490 e. The predicted octanol–water partition coefficient (Wildman–Crippen LogP) is 6.55. The average molecular weight is 794 g/mol. The monoisotopic (exact) mass is 793 g/mol. The summed E-state index contributed by atoms with van der Waals surface area (Å²) in [5.41, 5.74) is 3.32. The van der Waals surface area contributed by atoms with Crippen molar-refractivity contribution in [3.05, 3.63) is 82.0 Å². The lowest BCUT2D eigenvalue weighted by atomic mass is 9.68. The molecule has 55 heavy (non-hydrogen) atoms. The molecule has 2 aliphatic carbocycles. The van der Waals surface area contributed by atoms with E-state index >= 15 is 0 Å². The molecule has 1 saturated carbocycles. The lowest BCUT2D eigenvalue weighted by molar-refractivity contribution is 0.0109. The van der Waals surface area contributed by atoms with Crippen LogP contribution in [0.1, 0.15) is 77.8 Å². The lowest BCUT2D eigenvalue weighted by Gasteiger charge is -2.46. The molecule has 1 spiro atoms. The number of fused-ring (bicyclic) bond motifs is 4. The summed E-state index contributed by atoms with van der Waals surface area (Å²) in [6.07, 6.45) is 10.7. The SMILES string of the molecule is CCCO[C@H]1/C=C\[C@H](OC)[C@@H]2CC[C@H]2CN2C[C@@]3(CCCc4cc(Cl)ccc43)COc3ccc(cc32)C(=O)N=S(=O)(NC(=O)c2cn(C)nc2OC)C[C@H]1C. The van der Waals surface area contributed by atoms with E-state index < -0.39 is 33.8 Å². The number of rotatable bonds is 7. The van der Waals surface area contributed by atoms with Gasteiger partial charge in [0, 0.05) is 62.0 Å². The maximum absolute atomic E-state index is 14.9. The Balaban J connectivity index is 1.33. The van der Waals surface area contributed by atoms with Crippen LogP contribution in [0, 0.1) is 17.8 Å². The third kappa shape index (κ3) is 8.17. The molecule has 12 nitrogen and oxygen atoms in total. The molecule has 4 aliphatic rings. The molecule has 1 unspecified atom stereocenters. The topological polar surface area (TPSA) is 134 Å². The highest BCUT2D eigenvalue weighted by Gasteiger charge is 2.44. The number of carbonyl (C=O) groups is 2. The molecular weight excluding hydrogens is 742 g/mol. The van der Waals surface area contributed by atoms with E-state index in [2.05, 4.69) is 37.3 Å². The summed E-state index contributed by atoms with van der Waals surface area (Å²) < 4.78 is 47.7. The van der Waals surface area contributed by atoms with Crippen molar-refractivity contribution in [1.29, 1.82) is 0 Å². The number of ether oxygens (including phenoxy) is 4. The van der Waals surface area contributed by atoms with Gasteiger partial charge in [0.2, 0.25) is 5.88 Å². The molecule has 14 heteroatoms. The van der Waals surface area contributed by atoms with Crippen LogP contribution in [0.25, 0.3) is 0 Å². The molecule has 1 aromatic heterocycles. The van der Waals surface area contributed by atoms with Gasteiger partial charge in [0.05, 0.1) is 37.4 Å². The van der Waals surface area contributed by atoms with E-state index in [4.69, 9.17) is 30.5 Å². The van der Waals surface area contributed by atoms with Gasteiger partial charge in [0.25, 0.3) is 11.8 Å². The smallest absolute Gasteiger partial charge is 0.286 e. The first-order valence-electron chi connectivity index (χ1n) is 19.3. The van der Waals surface area contributed by atoms with Crippen molar-refractivity contribution in [3.8, 4) is 11.6 Å². The molecule has 7 atom stereocenters. The first-order chi connectivity index (χ1) is 26.4.